The lowest BCUT2D eigenvalue weighted by atomic mass is 10.1. The highest BCUT2D eigenvalue weighted by Crippen LogP contribution is 1.96. The van der Waals surface area contributed by atoms with E-state index >= 15 is 0 Å². The summed E-state index contributed by atoms with van der Waals surface area (Å²) in [7, 11) is 0. The van der Waals surface area contributed by atoms with Gasteiger partial charge in [-0.05, 0) is 25.8 Å². The third kappa shape index (κ3) is 6.02. The molecule has 0 bridgehead atoms. The molecule has 1 N–H and O–H groups in total. The first kappa shape index (κ1) is 9.89. The van der Waals surface area contributed by atoms with E-state index < -0.39 is 0 Å². The van der Waals surface area contributed by atoms with Crippen molar-refractivity contribution in [3.63, 3.8) is 0 Å². The van der Waals surface area contributed by atoms with Crippen LogP contribution >= 0.6 is 0 Å². The highest BCUT2D eigenvalue weighted by Gasteiger charge is 1.98. The average Bonchev–Trinajstić information content (AvgIpc) is 1.87. The molecule has 2 heteroatoms. The molecule has 0 saturated carbocycles. The summed E-state index contributed by atoms with van der Waals surface area (Å²) in [4.78, 5) is 0. The van der Waals surface area contributed by atoms with Crippen LogP contribution in [0.4, 0.5) is 4.39 Å². The minimum atomic E-state index is -0.266. The van der Waals surface area contributed by atoms with Gasteiger partial charge in [-0.2, -0.15) is 0 Å². The normalized spacial score (nSPS) is 14.1. The van der Waals surface area contributed by atoms with Gasteiger partial charge < -0.3 is 5.32 Å². The quantitative estimate of drug-likeness (QED) is 0.627. The predicted octanol–water partition coefficient (Wildman–Crippen LogP) is 1.98. The minimum Gasteiger partial charge on any atom is -0.312 e. The monoisotopic (exact) mass is 147 g/mol. The van der Waals surface area contributed by atoms with Gasteiger partial charge in [0, 0.05) is 6.04 Å². The number of nitrogens with one attached hydrogen (secondary N) is 1. The molecule has 0 rings (SSSR count). The summed E-state index contributed by atoms with van der Waals surface area (Å²) in [5.41, 5.74) is 0. The lowest BCUT2D eigenvalue weighted by Gasteiger charge is -2.10. The maximum absolute atomic E-state index is 11.8. The van der Waals surface area contributed by atoms with Crippen molar-refractivity contribution >= 4 is 0 Å². The summed E-state index contributed by atoms with van der Waals surface area (Å²) in [6, 6.07) is 0.0266. The summed E-state index contributed by atoms with van der Waals surface area (Å²) in [6.45, 7) is 6.87. The van der Waals surface area contributed by atoms with Gasteiger partial charge in [0.2, 0.25) is 0 Å². The van der Waals surface area contributed by atoms with E-state index in [4.69, 9.17) is 0 Å². The van der Waals surface area contributed by atoms with Crippen LogP contribution in [0.25, 0.3) is 0 Å². The van der Waals surface area contributed by atoms with Crippen molar-refractivity contribution in [1.82, 2.24) is 5.32 Å². The first-order chi connectivity index (χ1) is 4.66. The number of hydrogen-bond acceptors (Lipinski definition) is 1. The molecular weight excluding hydrogens is 129 g/mol. The molecular formula is C8H18FN. The van der Waals surface area contributed by atoms with Crippen molar-refractivity contribution in [3.8, 4) is 0 Å². The Bertz CT molecular complexity index is 73.7. The van der Waals surface area contributed by atoms with Crippen LogP contribution in [0.2, 0.25) is 0 Å². The third-order valence-electron chi connectivity index (χ3n) is 1.45. The molecule has 0 aliphatic heterocycles. The second kappa shape index (κ2) is 5.66. The minimum absolute atomic E-state index is 0.0266. The van der Waals surface area contributed by atoms with E-state index in [2.05, 4.69) is 19.2 Å². The van der Waals surface area contributed by atoms with Gasteiger partial charge in [0.15, 0.2) is 0 Å². The zero-order valence-corrected chi connectivity index (χ0v) is 7.15. The molecule has 0 aliphatic rings. The molecule has 0 saturated heterocycles. The fourth-order valence-corrected chi connectivity index (χ4v) is 0.673. The van der Waals surface area contributed by atoms with Crippen LogP contribution in [-0.2, 0) is 0 Å². The van der Waals surface area contributed by atoms with E-state index in [1.165, 1.54) is 0 Å². The summed E-state index contributed by atoms with van der Waals surface area (Å²) in [6.07, 6.45) is 1.13. The number of rotatable bonds is 5. The lowest BCUT2D eigenvalue weighted by Crippen LogP contribution is -2.29. The van der Waals surface area contributed by atoms with Crippen LogP contribution in [0, 0.1) is 5.92 Å². The number of hydrogen-bond donors (Lipinski definition) is 1. The van der Waals surface area contributed by atoms with Gasteiger partial charge in [-0.15, -0.1) is 0 Å². The fourth-order valence-electron chi connectivity index (χ4n) is 0.673. The molecule has 0 aromatic rings. The molecule has 0 aromatic carbocycles. The molecule has 0 amide bonds. The average molecular weight is 147 g/mol. The molecule has 10 heavy (non-hydrogen) atoms. The second-order valence-electron chi connectivity index (χ2n) is 3.19. The van der Waals surface area contributed by atoms with Crippen LogP contribution in [0.15, 0.2) is 0 Å². The van der Waals surface area contributed by atoms with Gasteiger partial charge in [0.05, 0.1) is 0 Å². The van der Waals surface area contributed by atoms with E-state index in [1.54, 1.807) is 0 Å². The van der Waals surface area contributed by atoms with E-state index in [1.807, 2.05) is 6.92 Å². The van der Waals surface area contributed by atoms with Crippen molar-refractivity contribution in [3.05, 3.63) is 0 Å². The van der Waals surface area contributed by atoms with Crippen LogP contribution in [-0.4, -0.2) is 19.3 Å². The Morgan fingerprint density at radius 3 is 2.30 bits per heavy atom. The Morgan fingerprint density at radius 2 is 1.90 bits per heavy atom. The van der Waals surface area contributed by atoms with Gasteiger partial charge in [-0.25, -0.2) is 4.39 Å². The highest BCUT2D eigenvalue weighted by atomic mass is 19.1. The molecule has 0 aromatic heterocycles. The van der Waals surface area contributed by atoms with Crippen LogP contribution < -0.4 is 5.32 Å². The molecule has 1 atom stereocenters. The molecule has 62 valence electrons. The van der Waals surface area contributed by atoms with Crippen LogP contribution in [0.3, 0.4) is 0 Å². The smallest absolute Gasteiger partial charge is 0.104 e. The second-order valence-corrected chi connectivity index (χ2v) is 3.19. The Labute approximate surface area is 63.0 Å². The maximum Gasteiger partial charge on any atom is 0.104 e. The maximum atomic E-state index is 11.8. The Hall–Kier alpha value is -0.110. The molecule has 1 unspecified atom stereocenters. The van der Waals surface area contributed by atoms with Crippen LogP contribution in [0.1, 0.15) is 27.2 Å². The molecule has 0 aliphatic carbocycles. The van der Waals surface area contributed by atoms with Crippen molar-refractivity contribution in [1.29, 1.82) is 0 Å². The van der Waals surface area contributed by atoms with E-state index in [0.717, 1.165) is 13.0 Å². The molecule has 0 heterocycles. The van der Waals surface area contributed by atoms with Gasteiger partial charge in [0.25, 0.3) is 0 Å². The summed E-state index contributed by atoms with van der Waals surface area (Å²) < 4.78 is 11.8. The van der Waals surface area contributed by atoms with E-state index in [9.17, 15) is 4.39 Å². The third-order valence-corrected chi connectivity index (χ3v) is 1.45. The number of halogens is 1. The van der Waals surface area contributed by atoms with Gasteiger partial charge in [-0.3, -0.25) is 0 Å². The van der Waals surface area contributed by atoms with Crippen LogP contribution in [0.5, 0.6) is 0 Å². The van der Waals surface area contributed by atoms with Gasteiger partial charge >= 0.3 is 0 Å². The van der Waals surface area contributed by atoms with E-state index in [-0.39, 0.29) is 12.7 Å². The van der Waals surface area contributed by atoms with Crippen molar-refractivity contribution < 1.29 is 4.39 Å². The first-order valence-electron chi connectivity index (χ1n) is 3.96. The summed E-state index contributed by atoms with van der Waals surface area (Å²) in [5, 5.41) is 3.09. The first-order valence-corrected chi connectivity index (χ1v) is 3.96. The van der Waals surface area contributed by atoms with Crippen molar-refractivity contribution in [2.24, 2.45) is 5.92 Å². The highest BCUT2D eigenvalue weighted by molar-refractivity contribution is 4.58. The number of alkyl halides is 1. The largest absolute Gasteiger partial charge is 0.312 e. The molecule has 0 spiro atoms. The predicted molar refractivity (Wildman–Crippen MR) is 42.9 cm³/mol. The Morgan fingerprint density at radius 1 is 1.30 bits per heavy atom. The van der Waals surface area contributed by atoms with E-state index in [0.29, 0.717) is 5.92 Å². The van der Waals surface area contributed by atoms with Crippen molar-refractivity contribution in [2.75, 3.05) is 13.2 Å². The zero-order valence-electron chi connectivity index (χ0n) is 7.15. The molecule has 0 fully saturated rings. The zero-order chi connectivity index (χ0) is 7.98. The van der Waals surface area contributed by atoms with Crippen molar-refractivity contribution in [2.45, 2.75) is 33.2 Å². The summed E-state index contributed by atoms with van der Waals surface area (Å²) >= 11 is 0. The summed E-state index contributed by atoms with van der Waals surface area (Å²) in [5.74, 6) is 0.708. The Kier molecular flexibility index (Phi) is 5.60. The SMILES string of the molecule is CC(C)CCNC(C)CF. The topological polar surface area (TPSA) is 12.0 Å². The Balaban J connectivity index is 3.03. The fraction of sp³-hybridized carbons (Fsp3) is 1.00. The molecule has 1 nitrogen and oxygen atoms in total. The van der Waals surface area contributed by atoms with Gasteiger partial charge in [0.1, 0.15) is 6.67 Å². The van der Waals surface area contributed by atoms with Gasteiger partial charge in [-0.1, -0.05) is 13.8 Å². The standard InChI is InChI=1S/C8H18FN/c1-7(2)4-5-10-8(3)6-9/h7-8,10H,4-6H2,1-3H3. The molecule has 0 radical (unpaired) electrons. The lowest BCUT2D eigenvalue weighted by molar-refractivity contribution is 0.382.